The van der Waals surface area contributed by atoms with Crippen molar-refractivity contribution in [2.75, 3.05) is 59.0 Å². The number of hydrogen-bond acceptors (Lipinski definition) is 4. The van der Waals surface area contributed by atoms with Gasteiger partial charge in [0.05, 0.1) is 6.54 Å². The lowest BCUT2D eigenvalue weighted by molar-refractivity contribution is 0.131. The predicted octanol–water partition coefficient (Wildman–Crippen LogP) is 2.70. The minimum atomic E-state index is 0.708. The molecule has 2 rings (SSSR count). The third kappa shape index (κ3) is 9.15. The second-order valence-electron chi connectivity index (χ2n) is 7.51. The second-order valence-corrected chi connectivity index (χ2v) is 7.51. The van der Waals surface area contributed by atoms with Crippen LogP contribution < -0.4 is 10.6 Å². The zero-order valence-corrected chi connectivity index (χ0v) is 18.8. The Morgan fingerprint density at radius 1 is 0.966 bits per heavy atom. The number of likely N-dealkylation sites (N-methyl/N-ethyl adjacent to an activating group) is 1. The number of ether oxygens (including phenoxy) is 1. The number of benzene rings is 1. The van der Waals surface area contributed by atoms with Gasteiger partial charge in [0.25, 0.3) is 0 Å². The molecule has 1 heterocycles. The van der Waals surface area contributed by atoms with Gasteiger partial charge in [0.1, 0.15) is 0 Å². The van der Waals surface area contributed by atoms with Crippen LogP contribution in [0.1, 0.15) is 44.7 Å². The fourth-order valence-corrected chi connectivity index (χ4v) is 3.56. The van der Waals surface area contributed by atoms with E-state index in [1.54, 1.807) is 0 Å². The molecule has 0 unspecified atom stereocenters. The third-order valence-electron chi connectivity index (χ3n) is 5.39. The molecular formula is C23H41N5O. The lowest BCUT2D eigenvalue weighted by atomic mass is 10.1. The van der Waals surface area contributed by atoms with Gasteiger partial charge in [0, 0.05) is 59.0 Å². The highest BCUT2D eigenvalue weighted by Crippen LogP contribution is 2.14. The number of nitrogens with zero attached hydrogens (tertiary/aromatic N) is 3. The van der Waals surface area contributed by atoms with Crippen molar-refractivity contribution >= 4 is 5.96 Å². The number of piperazine rings is 1. The molecule has 0 aromatic heterocycles. The normalized spacial score (nSPS) is 16.2. The highest BCUT2D eigenvalue weighted by Gasteiger charge is 2.16. The summed E-state index contributed by atoms with van der Waals surface area (Å²) >= 11 is 0. The highest BCUT2D eigenvalue weighted by molar-refractivity contribution is 5.79. The van der Waals surface area contributed by atoms with Gasteiger partial charge in [-0.2, -0.15) is 0 Å². The van der Waals surface area contributed by atoms with Crippen LogP contribution in [0.15, 0.2) is 29.3 Å². The van der Waals surface area contributed by atoms with E-state index in [0.717, 1.165) is 71.3 Å². The summed E-state index contributed by atoms with van der Waals surface area (Å²) < 4.78 is 5.40. The molecule has 1 aliphatic heterocycles. The van der Waals surface area contributed by atoms with E-state index in [9.17, 15) is 0 Å². The molecule has 0 radical (unpaired) electrons. The molecule has 0 aliphatic carbocycles. The van der Waals surface area contributed by atoms with Gasteiger partial charge in [-0.1, -0.05) is 31.2 Å². The van der Waals surface area contributed by atoms with Crippen LogP contribution in [0.4, 0.5) is 0 Å². The summed E-state index contributed by atoms with van der Waals surface area (Å²) in [4.78, 5) is 9.92. The van der Waals surface area contributed by atoms with Crippen LogP contribution in [-0.4, -0.2) is 74.8 Å². The molecule has 1 aliphatic rings. The summed E-state index contributed by atoms with van der Waals surface area (Å²) in [5, 5.41) is 6.81. The number of nitrogens with one attached hydrogen (secondary N) is 2. The van der Waals surface area contributed by atoms with E-state index in [4.69, 9.17) is 9.73 Å². The molecule has 6 heteroatoms. The Morgan fingerprint density at radius 2 is 1.69 bits per heavy atom. The van der Waals surface area contributed by atoms with Gasteiger partial charge in [-0.25, -0.2) is 4.99 Å². The Kier molecular flexibility index (Phi) is 11.7. The van der Waals surface area contributed by atoms with Crippen molar-refractivity contribution in [2.24, 2.45) is 4.99 Å². The fourth-order valence-electron chi connectivity index (χ4n) is 3.56. The monoisotopic (exact) mass is 403 g/mol. The first-order valence-corrected chi connectivity index (χ1v) is 11.4. The van der Waals surface area contributed by atoms with Gasteiger partial charge in [-0.15, -0.1) is 0 Å². The largest absolute Gasteiger partial charge is 0.382 e. The van der Waals surface area contributed by atoms with Crippen LogP contribution in [0.5, 0.6) is 0 Å². The summed E-state index contributed by atoms with van der Waals surface area (Å²) in [5.41, 5.74) is 2.72. The summed E-state index contributed by atoms with van der Waals surface area (Å²) in [6.45, 7) is 17.4. The zero-order valence-electron chi connectivity index (χ0n) is 18.8. The van der Waals surface area contributed by atoms with E-state index in [0.29, 0.717) is 6.54 Å². The quantitative estimate of drug-likeness (QED) is 0.319. The van der Waals surface area contributed by atoms with Gasteiger partial charge in [0.15, 0.2) is 5.96 Å². The summed E-state index contributed by atoms with van der Waals surface area (Å²) in [7, 11) is 0. The van der Waals surface area contributed by atoms with E-state index >= 15 is 0 Å². The minimum Gasteiger partial charge on any atom is -0.382 e. The minimum absolute atomic E-state index is 0.708. The molecule has 1 fully saturated rings. The summed E-state index contributed by atoms with van der Waals surface area (Å²) in [5.74, 6) is 0.898. The fraction of sp³-hybridized carbons (Fsp3) is 0.696. The maximum atomic E-state index is 5.40. The van der Waals surface area contributed by atoms with Crippen LogP contribution in [0.2, 0.25) is 0 Å². The van der Waals surface area contributed by atoms with Gasteiger partial charge >= 0.3 is 0 Å². The van der Waals surface area contributed by atoms with E-state index < -0.39 is 0 Å². The number of guanidine groups is 1. The lowest BCUT2D eigenvalue weighted by Crippen LogP contribution is -2.45. The van der Waals surface area contributed by atoms with Gasteiger partial charge in [-0.3, -0.25) is 4.90 Å². The van der Waals surface area contributed by atoms with E-state index in [2.05, 4.69) is 58.5 Å². The molecule has 0 bridgehead atoms. The number of rotatable bonds is 12. The molecule has 29 heavy (non-hydrogen) atoms. The Labute approximate surface area is 177 Å². The Balaban J connectivity index is 1.86. The zero-order chi connectivity index (χ0) is 20.7. The summed E-state index contributed by atoms with van der Waals surface area (Å²) in [6, 6.07) is 8.74. The first-order chi connectivity index (χ1) is 14.3. The first-order valence-electron chi connectivity index (χ1n) is 11.4. The SMILES string of the molecule is CCNC(=NCc1ccccc1CN1CCN(CC)CC1)NCCCCOCC. The van der Waals surface area contributed by atoms with E-state index in [1.165, 1.54) is 24.2 Å². The molecule has 164 valence electrons. The molecule has 0 spiro atoms. The molecular weight excluding hydrogens is 362 g/mol. The van der Waals surface area contributed by atoms with Crippen LogP contribution in [0.25, 0.3) is 0 Å². The predicted molar refractivity (Wildman–Crippen MR) is 122 cm³/mol. The van der Waals surface area contributed by atoms with Crippen molar-refractivity contribution in [3.63, 3.8) is 0 Å². The van der Waals surface area contributed by atoms with Crippen molar-refractivity contribution in [3.05, 3.63) is 35.4 Å². The third-order valence-corrected chi connectivity index (χ3v) is 5.39. The van der Waals surface area contributed by atoms with Crippen molar-refractivity contribution in [1.82, 2.24) is 20.4 Å². The molecule has 1 saturated heterocycles. The highest BCUT2D eigenvalue weighted by atomic mass is 16.5. The van der Waals surface area contributed by atoms with Gasteiger partial charge < -0.3 is 20.3 Å². The average Bonchev–Trinajstić information content (AvgIpc) is 2.76. The van der Waals surface area contributed by atoms with E-state index in [1.807, 2.05) is 6.92 Å². The Morgan fingerprint density at radius 3 is 2.38 bits per heavy atom. The van der Waals surface area contributed by atoms with Gasteiger partial charge in [0.2, 0.25) is 0 Å². The number of unbranched alkanes of at least 4 members (excludes halogenated alkanes) is 1. The molecule has 1 aromatic rings. The Bertz CT molecular complexity index is 584. The van der Waals surface area contributed by atoms with Gasteiger partial charge in [-0.05, 0) is 44.4 Å². The topological polar surface area (TPSA) is 52.1 Å². The molecule has 1 aromatic carbocycles. The lowest BCUT2D eigenvalue weighted by Gasteiger charge is -2.34. The number of hydrogen-bond donors (Lipinski definition) is 2. The second kappa shape index (κ2) is 14.4. The molecule has 0 saturated carbocycles. The summed E-state index contributed by atoms with van der Waals surface area (Å²) in [6.07, 6.45) is 2.17. The van der Waals surface area contributed by atoms with Crippen LogP contribution in [0, 0.1) is 0 Å². The molecule has 2 N–H and O–H groups in total. The number of aliphatic imine (C=N–C) groups is 1. The maximum Gasteiger partial charge on any atom is 0.191 e. The standard InChI is InChI=1S/C23H41N5O/c1-4-24-23(25-13-9-10-18-29-6-3)26-19-21-11-7-8-12-22(21)20-28-16-14-27(5-2)15-17-28/h7-8,11-12H,4-6,9-10,13-20H2,1-3H3,(H2,24,25,26). The first kappa shape index (κ1) is 23.6. The van der Waals surface area contributed by atoms with Crippen LogP contribution in [-0.2, 0) is 17.8 Å². The van der Waals surface area contributed by atoms with Crippen LogP contribution >= 0.6 is 0 Å². The van der Waals surface area contributed by atoms with Crippen molar-refractivity contribution < 1.29 is 4.74 Å². The molecule has 0 atom stereocenters. The smallest absolute Gasteiger partial charge is 0.191 e. The van der Waals surface area contributed by atoms with Crippen molar-refractivity contribution in [3.8, 4) is 0 Å². The van der Waals surface area contributed by atoms with Crippen molar-refractivity contribution in [1.29, 1.82) is 0 Å². The van der Waals surface area contributed by atoms with E-state index in [-0.39, 0.29) is 0 Å². The Hall–Kier alpha value is -1.63. The van der Waals surface area contributed by atoms with Crippen molar-refractivity contribution in [2.45, 2.75) is 46.7 Å². The maximum absolute atomic E-state index is 5.40. The molecule has 0 amide bonds. The van der Waals surface area contributed by atoms with Crippen LogP contribution in [0.3, 0.4) is 0 Å². The molecule has 6 nitrogen and oxygen atoms in total. The average molecular weight is 404 g/mol.